The maximum Gasteiger partial charge on any atom is 0.411 e. The molecule has 0 spiro atoms. The highest BCUT2D eigenvalue weighted by Crippen LogP contribution is 2.30. The Balaban J connectivity index is 1.53. The number of thioether (sulfide) groups is 3. The van der Waals surface area contributed by atoms with E-state index in [-0.39, 0.29) is 42.0 Å². The zero-order valence-corrected chi connectivity index (χ0v) is 69.4. The molecule has 0 unspecified atom stereocenters. The van der Waals surface area contributed by atoms with Crippen molar-refractivity contribution in [1.29, 1.82) is 0 Å². The molecule has 596 valence electrons. The number of nitrogens with one attached hydrogen (secondary N) is 6. The number of rotatable bonds is 64. The molecule has 0 aliphatic carbocycles. The molecule has 3 aromatic rings. The lowest BCUT2D eigenvalue weighted by Crippen LogP contribution is -2.40. The first kappa shape index (κ1) is 94.1. The van der Waals surface area contributed by atoms with Crippen LogP contribution < -0.4 is 31.9 Å². The zero-order valence-electron chi connectivity index (χ0n) is 67.0. The first-order valence-corrected chi connectivity index (χ1v) is 45.1. The van der Waals surface area contributed by atoms with Gasteiger partial charge in [-0.15, -0.1) is 0 Å². The van der Waals surface area contributed by atoms with Crippen LogP contribution in [0, 0.1) is 26.2 Å². The minimum atomic E-state index is -1.23. The molecular formula is C87H146N6O9S3. The molecule has 0 aliphatic heterocycles. The summed E-state index contributed by atoms with van der Waals surface area (Å²) in [6.07, 6.45) is 60.0. The Morgan fingerprint density at radius 1 is 0.276 bits per heavy atom. The van der Waals surface area contributed by atoms with E-state index in [1.54, 1.807) is 54.6 Å². The summed E-state index contributed by atoms with van der Waals surface area (Å²) in [7, 11) is 0. The number of carbonyl (C=O) groups is 6. The molecule has 6 N–H and O–H groups in total. The normalized spacial score (nSPS) is 11.3. The van der Waals surface area contributed by atoms with Crippen LogP contribution in [0.4, 0.5) is 62.9 Å². The molecule has 0 saturated carbocycles. The van der Waals surface area contributed by atoms with E-state index in [2.05, 4.69) is 52.7 Å². The van der Waals surface area contributed by atoms with Gasteiger partial charge in [0.15, 0.2) is 0 Å². The van der Waals surface area contributed by atoms with Crippen LogP contribution in [-0.4, -0.2) is 71.1 Å². The van der Waals surface area contributed by atoms with Gasteiger partial charge in [0.05, 0.1) is 5.41 Å². The number of ether oxygens (including phenoxy) is 3. The highest BCUT2D eigenvalue weighted by atomic mass is 32.2. The molecule has 0 fully saturated rings. The highest BCUT2D eigenvalue weighted by molar-refractivity contribution is 8.14. The van der Waals surface area contributed by atoms with E-state index >= 15 is 0 Å². The third kappa shape index (κ3) is 50.3. The minimum absolute atomic E-state index is 0.168. The van der Waals surface area contributed by atoms with Gasteiger partial charge in [0.1, 0.15) is 19.8 Å². The van der Waals surface area contributed by atoms with Crippen LogP contribution in [0.25, 0.3) is 0 Å². The molecule has 18 heteroatoms. The van der Waals surface area contributed by atoms with Gasteiger partial charge in [-0.1, -0.05) is 370 Å². The molecule has 0 bridgehead atoms. The van der Waals surface area contributed by atoms with E-state index in [0.717, 1.165) is 72.5 Å². The van der Waals surface area contributed by atoms with Gasteiger partial charge in [-0.2, -0.15) is 0 Å². The predicted octanol–water partition coefficient (Wildman–Crippen LogP) is 29.6. The second kappa shape index (κ2) is 63.8. The first-order valence-electron chi connectivity index (χ1n) is 42.1. The van der Waals surface area contributed by atoms with Crippen molar-refractivity contribution < 1.29 is 43.0 Å². The van der Waals surface area contributed by atoms with Crippen molar-refractivity contribution in [3.05, 3.63) is 71.3 Å². The average molecular weight is 1520 g/mol. The van der Waals surface area contributed by atoms with Crippen LogP contribution in [0.3, 0.4) is 0 Å². The van der Waals surface area contributed by atoms with Gasteiger partial charge in [0.2, 0.25) is 0 Å². The fraction of sp³-hybridized carbons (Fsp3) is 0.724. The lowest BCUT2D eigenvalue weighted by Gasteiger charge is -2.31. The third-order valence-corrected chi connectivity index (χ3v) is 22.7. The topological polar surface area (TPSA) is 202 Å². The molecular weight excluding hydrogens is 1370 g/mol. The van der Waals surface area contributed by atoms with Gasteiger partial charge in [0, 0.05) is 51.4 Å². The van der Waals surface area contributed by atoms with Crippen LogP contribution in [0.5, 0.6) is 0 Å². The predicted molar refractivity (Wildman–Crippen MR) is 454 cm³/mol. The number of anilines is 6. The Morgan fingerprint density at radius 2 is 0.467 bits per heavy atom. The number of aryl methyl sites for hydroxylation is 3. The van der Waals surface area contributed by atoms with Crippen molar-refractivity contribution in [2.24, 2.45) is 5.41 Å². The van der Waals surface area contributed by atoms with E-state index in [9.17, 15) is 28.8 Å². The Hall–Kier alpha value is -5.07. The zero-order chi connectivity index (χ0) is 75.9. The van der Waals surface area contributed by atoms with Crippen LogP contribution in [-0.2, 0) is 14.2 Å². The van der Waals surface area contributed by atoms with E-state index in [1.165, 1.54) is 305 Å². The SMILES string of the molecule is CCCCCCCCCCCCCCCCCCSC(=O)Nc1cc(NC(=O)OCC(CC)(COC(=O)Nc2ccc(C)c(NC(=O)SCCCCCCCCCCCCCCCCCC)c2)COC(=O)Nc2ccc(C)c(NC(=O)SCCCCCCCCCCCCCCCCCC)c2)ccc1C. The molecule has 0 heterocycles. The molecule has 3 aromatic carbocycles. The fourth-order valence-corrected chi connectivity index (χ4v) is 15.1. The molecule has 0 saturated heterocycles. The largest absolute Gasteiger partial charge is 0.448 e. The molecule has 15 nitrogen and oxygen atoms in total. The number of amides is 6. The third-order valence-electron chi connectivity index (χ3n) is 20.1. The number of hydrogen-bond acceptors (Lipinski definition) is 12. The van der Waals surface area contributed by atoms with Crippen LogP contribution in [0.15, 0.2) is 54.6 Å². The Labute approximate surface area is 651 Å². The fourth-order valence-electron chi connectivity index (χ4n) is 12.9. The smallest absolute Gasteiger partial charge is 0.411 e. The Morgan fingerprint density at radius 3 is 0.657 bits per heavy atom. The first-order chi connectivity index (χ1) is 51.2. The van der Waals surface area contributed by atoms with Gasteiger partial charge in [0.25, 0.3) is 15.7 Å². The minimum Gasteiger partial charge on any atom is -0.448 e. The van der Waals surface area contributed by atoms with E-state index in [0.29, 0.717) is 34.1 Å². The summed E-state index contributed by atoms with van der Waals surface area (Å²) in [6, 6.07) is 15.6. The van der Waals surface area contributed by atoms with Gasteiger partial charge < -0.3 is 30.2 Å². The number of hydrogen-bond donors (Lipinski definition) is 6. The quantitative estimate of drug-likeness (QED) is 0.0231. The van der Waals surface area contributed by atoms with Gasteiger partial charge in [-0.3, -0.25) is 30.3 Å². The molecule has 0 atom stereocenters. The summed E-state index contributed by atoms with van der Waals surface area (Å²) in [6.45, 7) is 13.3. The van der Waals surface area contributed by atoms with Crippen molar-refractivity contribution in [3.8, 4) is 0 Å². The number of unbranched alkanes of at least 4 members (excludes halogenated alkanes) is 45. The number of benzene rings is 3. The van der Waals surface area contributed by atoms with Gasteiger partial charge in [-0.25, -0.2) is 14.4 Å². The van der Waals surface area contributed by atoms with E-state index in [1.807, 2.05) is 27.7 Å². The second-order valence-electron chi connectivity index (χ2n) is 29.7. The summed E-state index contributed by atoms with van der Waals surface area (Å²) in [5.74, 6) is 2.17. The van der Waals surface area contributed by atoms with Crippen LogP contribution in [0.2, 0.25) is 0 Å². The van der Waals surface area contributed by atoms with Crippen molar-refractivity contribution in [1.82, 2.24) is 0 Å². The summed E-state index contributed by atoms with van der Waals surface area (Å²) in [5, 5.41) is 16.8. The van der Waals surface area contributed by atoms with E-state index in [4.69, 9.17) is 14.2 Å². The average Bonchev–Trinajstić information content (AvgIpc) is 0.858. The molecule has 3 rings (SSSR count). The van der Waals surface area contributed by atoms with Crippen LogP contribution in [0.1, 0.15) is 359 Å². The van der Waals surface area contributed by atoms with E-state index < -0.39 is 23.7 Å². The number of carbonyl (C=O) groups excluding carboxylic acids is 6. The van der Waals surface area contributed by atoms with Gasteiger partial charge in [-0.05, 0) is 99.5 Å². The van der Waals surface area contributed by atoms with Crippen molar-refractivity contribution >= 4 is 103 Å². The summed E-state index contributed by atoms with van der Waals surface area (Å²) < 4.78 is 17.6. The molecule has 0 radical (unpaired) electrons. The lowest BCUT2D eigenvalue weighted by atomic mass is 9.88. The lowest BCUT2D eigenvalue weighted by molar-refractivity contribution is -0.0104. The molecule has 0 aliphatic rings. The van der Waals surface area contributed by atoms with Crippen LogP contribution >= 0.6 is 35.3 Å². The van der Waals surface area contributed by atoms with Gasteiger partial charge >= 0.3 is 18.3 Å². The summed E-state index contributed by atoms with van der Waals surface area (Å²) >= 11 is 3.78. The van der Waals surface area contributed by atoms with Crippen molar-refractivity contribution in [2.45, 2.75) is 363 Å². The van der Waals surface area contributed by atoms with Crippen molar-refractivity contribution in [3.63, 3.8) is 0 Å². The molecule has 6 amide bonds. The molecule has 105 heavy (non-hydrogen) atoms. The highest BCUT2D eigenvalue weighted by Gasteiger charge is 2.35. The summed E-state index contributed by atoms with van der Waals surface area (Å²) in [4.78, 5) is 80.4. The molecule has 0 aromatic heterocycles. The standard InChI is InChI=1S/C87H146N6O9S3/c1-8-12-15-18-21-24-27-30-33-36-39-42-45-48-51-54-63-103-84(97)91-78-66-75(60-57-72(78)5)88-81(94)100-69-87(11-4,70-101-82(95)89-76-61-58-73(6)79(67-76)92-85(98)104-64-55-52-49-46-43-40-37-34-31-28-25-22-19-16-13-9-2)71-102-83(96)90-77-62-59-74(7)80(68-77)93-86(99)105-65-56-53-50-47-44-41-38-35-32-29-26-23-20-17-14-10-3/h57-62,66-68H,8-56,63-65,69-71H2,1-7H3,(H,88,94)(H,89,95)(H,90,96)(H,91,97)(H,92,98)(H,93,99). The Kier molecular flexibility index (Phi) is 57.2. The maximum absolute atomic E-state index is 13.7. The Bertz CT molecular complexity index is 2480. The monoisotopic (exact) mass is 1520 g/mol. The second-order valence-corrected chi connectivity index (χ2v) is 32.9. The summed E-state index contributed by atoms with van der Waals surface area (Å²) in [5.41, 5.74) is 4.09. The maximum atomic E-state index is 13.7. The van der Waals surface area contributed by atoms with Crippen molar-refractivity contribution in [2.75, 3.05) is 69.0 Å².